The first kappa shape index (κ1) is 22.7. The summed E-state index contributed by atoms with van der Waals surface area (Å²) in [5.74, 6) is -1.54. The van der Waals surface area contributed by atoms with E-state index in [0.717, 1.165) is 21.3 Å². The van der Waals surface area contributed by atoms with Crippen LogP contribution in [0.4, 0.5) is 5.69 Å². The Hall–Kier alpha value is -3.45. The van der Waals surface area contributed by atoms with E-state index in [9.17, 15) is 14.7 Å². The van der Waals surface area contributed by atoms with Crippen molar-refractivity contribution >= 4 is 39.1 Å². The van der Waals surface area contributed by atoms with Crippen molar-refractivity contribution in [3.8, 4) is 0 Å². The van der Waals surface area contributed by atoms with Crippen molar-refractivity contribution in [1.29, 1.82) is 0 Å². The van der Waals surface area contributed by atoms with E-state index >= 15 is 0 Å². The van der Waals surface area contributed by atoms with E-state index in [0.29, 0.717) is 11.3 Å². The summed E-state index contributed by atoms with van der Waals surface area (Å²) in [5, 5.41) is 11.2. The van der Waals surface area contributed by atoms with Crippen molar-refractivity contribution < 1.29 is 14.7 Å². The fourth-order valence-electron chi connectivity index (χ4n) is 3.96. The van der Waals surface area contributed by atoms with Gasteiger partial charge in [0.2, 0.25) is 0 Å². The third kappa shape index (κ3) is 4.41. The molecule has 0 saturated carbocycles. The Morgan fingerprint density at radius 3 is 2.42 bits per heavy atom. The Bertz CT molecular complexity index is 1240. The van der Waals surface area contributed by atoms with Crippen LogP contribution in [-0.2, 0) is 16.1 Å². The Kier molecular flexibility index (Phi) is 6.33. The zero-order valence-electron chi connectivity index (χ0n) is 18.6. The number of benzene rings is 2. The smallest absolute Gasteiger partial charge is 0.296 e. The number of aryl methyl sites for hydroxylation is 1. The predicted molar refractivity (Wildman–Crippen MR) is 132 cm³/mol. The highest BCUT2D eigenvalue weighted by Crippen LogP contribution is 2.40. The molecule has 1 aliphatic rings. The molecule has 168 valence electrons. The van der Waals surface area contributed by atoms with E-state index < -0.39 is 17.7 Å². The first-order chi connectivity index (χ1) is 15.8. The Morgan fingerprint density at radius 1 is 1.09 bits per heavy atom. The third-order valence-corrected chi connectivity index (χ3v) is 6.64. The van der Waals surface area contributed by atoms with Gasteiger partial charge in [-0.05, 0) is 54.4 Å². The molecule has 4 rings (SSSR count). The second-order valence-electron chi connectivity index (χ2n) is 8.20. The molecular weight excluding hydrogens is 482 g/mol. The van der Waals surface area contributed by atoms with Gasteiger partial charge in [-0.3, -0.25) is 14.6 Å². The number of hydrogen-bond acceptors (Lipinski definition) is 5. The molecule has 0 radical (unpaired) electrons. The lowest BCUT2D eigenvalue weighted by Gasteiger charge is -2.25. The van der Waals surface area contributed by atoms with Crippen LogP contribution in [-0.4, -0.2) is 40.8 Å². The lowest BCUT2D eigenvalue weighted by molar-refractivity contribution is -0.140. The average molecular weight is 506 g/mol. The minimum Gasteiger partial charge on any atom is -0.507 e. The van der Waals surface area contributed by atoms with Gasteiger partial charge in [-0.25, -0.2) is 0 Å². The lowest BCUT2D eigenvalue weighted by atomic mass is 9.94. The summed E-state index contributed by atoms with van der Waals surface area (Å²) in [6.07, 6.45) is 1.65. The Balaban J connectivity index is 1.86. The van der Waals surface area contributed by atoms with Crippen molar-refractivity contribution in [1.82, 2.24) is 9.88 Å². The maximum atomic E-state index is 13.2. The van der Waals surface area contributed by atoms with Crippen LogP contribution < -0.4 is 4.90 Å². The molecule has 1 fully saturated rings. The van der Waals surface area contributed by atoms with Crippen LogP contribution >= 0.6 is 15.9 Å². The topological polar surface area (TPSA) is 73.7 Å². The summed E-state index contributed by atoms with van der Waals surface area (Å²) in [7, 11) is 3.88. The molecule has 2 heterocycles. The van der Waals surface area contributed by atoms with Crippen LogP contribution in [0.1, 0.15) is 28.4 Å². The maximum absolute atomic E-state index is 13.2. The normalized spacial score (nSPS) is 17.5. The summed E-state index contributed by atoms with van der Waals surface area (Å²) in [5.41, 5.74) is 3.87. The number of halogens is 1. The highest BCUT2D eigenvalue weighted by molar-refractivity contribution is 9.10. The second kappa shape index (κ2) is 9.19. The molecular formula is C26H24BrN3O3. The van der Waals surface area contributed by atoms with Crippen LogP contribution in [0.15, 0.2) is 76.9 Å². The Morgan fingerprint density at radius 2 is 1.82 bits per heavy atom. The predicted octanol–water partition coefficient (Wildman–Crippen LogP) is 4.84. The van der Waals surface area contributed by atoms with E-state index in [4.69, 9.17) is 0 Å². The molecule has 0 aliphatic carbocycles. The number of likely N-dealkylation sites (tertiary alicyclic amines) is 1. The third-order valence-electron chi connectivity index (χ3n) is 5.76. The zero-order chi connectivity index (χ0) is 23.7. The molecule has 1 aromatic heterocycles. The van der Waals surface area contributed by atoms with E-state index in [2.05, 4.69) is 20.9 Å². The van der Waals surface area contributed by atoms with Crippen LogP contribution in [0, 0.1) is 6.92 Å². The number of carbonyl (C=O) groups is 2. The molecule has 1 unspecified atom stereocenters. The van der Waals surface area contributed by atoms with Crippen LogP contribution in [0.5, 0.6) is 0 Å². The second-order valence-corrected chi connectivity index (χ2v) is 9.05. The molecule has 3 aromatic rings. The number of Topliss-reactive ketones (excluding diaryl/α,β-unsaturated/α-hetero) is 1. The van der Waals surface area contributed by atoms with Gasteiger partial charge in [0.1, 0.15) is 5.76 Å². The largest absolute Gasteiger partial charge is 0.507 e. The van der Waals surface area contributed by atoms with Crippen LogP contribution in [0.3, 0.4) is 0 Å². The van der Waals surface area contributed by atoms with E-state index in [1.807, 2.05) is 68.4 Å². The maximum Gasteiger partial charge on any atom is 0.296 e. The van der Waals surface area contributed by atoms with Crippen molar-refractivity contribution in [2.24, 2.45) is 0 Å². The first-order valence-electron chi connectivity index (χ1n) is 10.5. The SMILES string of the molecule is Cc1cc(/C(O)=C2/C(=O)C(=O)N(Cc3ccccn3)C2c2ccc(N(C)C)cc2)ccc1Br. The number of pyridine rings is 1. The number of rotatable bonds is 5. The van der Waals surface area contributed by atoms with Gasteiger partial charge in [0.25, 0.3) is 11.7 Å². The van der Waals surface area contributed by atoms with Crippen LogP contribution in [0.25, 0.3) is 5.76 Å². The first-order valence-corrected chi connectivity index (χ1v) is 11.3. The summed E-state index contributed by atoms with van der Waals surface area (Å²) in [6, 6.07) is 17.7. The number of carbonyl (C=O) groups excluding carboxylic acids is 2. The number of amides is 1. The molecule has 1 N–H and O–H groups in total. The summed E-state index contributed by atoms with van der Waals surface area (Å²) in [6.45, 7) is 2.06. The Labute approximate surface area is 201 Å². The number of aliphatic hydroxyl groups excluding tert-OH is 1. The van der Waals surface area contributed by atoms with Gasteiger partial charge >= 0.3 is 0 Å². The summed E-state index contributed by atoms with van der Waals surface area (Å²) < 4.78 is 0.894. The standard InChI is InChI=1S/C26H24BrN3O3/c1-16-14-18(9-12-21(16)27)24(31)22-23(17-7-10-20(11-8-17)29(2)3)30(26(33)25(22)32)15-19-6-4-5-13-28-19/h4-14,23,31H,15H2,1-3H3/b24-22-. The van der Waals surface area contributed by atoms with Gasteiger partial charge < -0.3 is 14.9 Å². The van der Waals surface area contributed by atoms with Gasteiger partial charge in [0.15, 0.2) is 0 Å². The highest BCUT2D eigenvalue weighted by Gasteiger charge is 2.46. The van der Waals surface area contributed by atoms with Crippen molar-refractivity contribution in [3.05, 3.63) is 99.3 Å². The molecule has 1 amide bonds. The summed E-state index contributed by atoms with van der Waals surface area (Å²) >= 11 is 3.46. The molecule has 6 nitrogen and oxygen atoms in total. The van der Waals surface area contributed by atoms with E-state index in [1.54, 1.807) is 24.4 Å². The molecule has 1 aliphatic heterocycles. The molecule has 7 heteroatoms. The average Bonchev–Trinajstić information content (AvgIpc) is 3.06. The molecule has 2 aromatic carbocycles. The van der Waals surface area contributed by atoms with Gasteiger partial charge in [-0.15, -0.1) is 0 Å². The van der Waals surface area contributed by atoms with Crippen molar-refractivity contribution in [2.45, 2.75) is 19.5 Å². The molecule has 1 saturated heterocycles. The quantitative estimate of drug-likeness (QED) is 0.305. The number of aliphatic hydroxyl groups is 1. The lowest BCUT2D eigenvalue weighted by Crippen LogP contribution is -2.29. The molecule has 0 bridgehead atoms. The highest BCUT2D eigenvalue weighted by atomic mass is 79.9. The number of aromatic nitrogens is 1. The van der Waals surface area contributed by atoms with Crippen molar-refractivity contribution in [3.63, 3.8) is 0 Å². The number of nitrogens with zero attached hydrogens (tertiary/aromatic N) is 3. The zero-order valence-corrected chi connectivity index (χ0v) is 20.2. The summed E-state index contributed by atoms with van der Waals surface area (Å²) in [4.78, 5) is 34.1. The number of hydrogen-bond donors (Lipinski definition) is 1. The van der Waals surface area contributed by atoms with Gasteiger partial charge in [0.05, 0.1) is 23.9 Å². The number of anilines is 1. The van der Waals surface area contributed by atoms with E-state index in [-0.39, 0.29) is 17.9 Å². The fourth-order valence-corrected chi connectivity index (χ4v) is 4.20. The van der Waals surface area contributed by atoms with Crippen LogP contribution in [0.2, 0.25) is 0 Å². The minimum atomic E-state index is -0.729. The molecule has 0 spiro atoms. The van der Waals surface area contributed by atoms with E-state index in [1.165, 1.54) is 4.90 Å². The minimum absolute atomic E-state index is 0.0789. The molecule has 33 heavy (non-hydrogen) atoms. The fraction of sp³-hybridized carbons (Fsp3) is 0.192. The molecule has 1 atom stereocenters. The van der Waals surface area contributed by atoms with Gasteiger partial charge in [-0.2, -0.15) is 0 Å². The monoisotopic (exact) mass is 505 g/mol. The van der Waals surface area contributed by atoms with Gasteiger partial charge in [0, 0.05) is 36.0 Å². The number of ketones is 1. The van der Waals surface area contributed by atoms with Gasteiger partial charge in [-0.1, -0.05) is 40.2 Å². The van der Waals surface area contributed by atoms with Crippen molar-refractivity contribution in [2.75, 3.05) is 19.0 Å².